The number of nitrogens with two attached hydrogens (primary N) is 1. The number of nitrogen functional groups attached to an aromatic ring is 1. The van der Waals surface area contributed by atoms with Crippen LogP contribution in [-0.2, 0) is 0 Å². The quantitative estimate of drug-likeness (QED) is 0.831. The predicted molar refractivity (Wildman–Crippen MR) is 70.9 cm³/mol. The fourth-order valence-corrected chi connectivity index (χ4v) is 1.73. The number of rotatable bonds is 3. The molecule has 1 heterocycles. The number of halogens is 1. The minimum atomic E-state index is -0.538. The van der Waals surface area contributed by atoms with Crippen LogP contribution in [0.25, 0.3) is 0 Å². The molecule has 0 aliphatic heterocycles. The highest BCUT2D eigenvalue weighted by Gasteiger charge is 2.12. The monoisotopic (exact) mass is 259 g/mol. The third kappa shape index (κ3) is 3.28. The lowest BCUT2D eigenvalue weighted by molar-refractivity contribution is 0.0939. The van der Waals surface area contributed by atoms with Crippen LogP contribution in [-0.4, -0.2) is 10.9 Å². The normalized spacial score (nSPS) is 11.9. The molecule has 0 saturated carbocycles. The largest absolute Gasteiger partial charge is 0.399 e. The zero-order chi connectivity index (χ0) is 13.8. The summed E-state index contributed by atoms with van der Waals surface area (Å²) in [5.74, 6) is -0.911. The van der Waals surface area contributed by atoms with Crippen molar-refractivity contribution in [2.24, 2.45) is 0 Å². The predicted octanol–water partition coefficient (Wildman–Crippen LogP) is 2.29. The van der Waals surface area contributed by atoms with Gasteiger partial charge in [0, 0.05) is 11.9 Å². The SMILES string of the molecule is CC(NC(=O)c1cncc(F)c1)c1cccc(N)c1. The van der Waals surface area contributed by atoms with Crippen LogP contribution >= 0.6 is 0 Å². The molecule has 2 aromatic rings. The van der Waals surface area contributed by atoms with Crippen LogP contribution in [0.2, 0.25) is 0 Å². The van der Waals surface area contributed by atoms with Crippen LogP contribution in [0.15, 0.2) is 42.7 Å². The van der Waals surface area contributed by atoms with Gasteiger partial charge >= 0.3 is 0 Å². The Balaban J connectivity index is 2.11. The van der Waals surface area contributed by atoms with Crippen LogP contribution < -0.4 is 11.1 Å². The first kappa shape index (κ1) is 13.0. The molecule has 2 rings (SSSR count). The fraction of sp³-hybridized carbons (Fsp3) is 0.143. The average Bonchev–Trinajstić information content (AvgIpc) is 2.38. The highest BCUT2D eigenvalue weighted by Crippen LogP contribution is 2.15. The molecule has 0 radical (unpaired) electrons. The summed E-state index contributed by atoms with van der Waals surface area (Å²) in [5, 5.41) is 2.77. The van der Waals surface area contributed by atoms with Gasteiger partial charge in [-0.3, -0.25) is 9.78 Å². The second-order valence-corrected chi connectivity index (χ2v) is 4.26. The van der Waals surface area contributed by atoms with Gasteiger partial charge in [-0.2, -0.15) is 0 Å². The summed E-state index contributed by atoms with van der Waals surface area (Å²) < 4.78 is 13.0. The van der Waals surface area contributed by atoms with Gasteiger partial charge in [0.2, 0.25) is 0 Å². The minimum Gasteiger partial charge on any atom is -0.399 e. The van der Waals surface area contributed by atoms with E-state index < -0.39 is 5.82 Å². The van der Waals surface area contributed by atoms with E-state index in [0.717, 1.165) is 17.8 Å². The van der Waals surface area contributed by atoms with Crippen molar-refractivity contribution in [3.63, 3.8) is 0 Å². The fourth-order valence-electron chi connectivity index (χ4n) is 1.73. The highest BCUT2D eigenvalue weighted by molar-refractivity contribution is 5.94. The molecule has 0 aliphatic carbocycles. The van der Waals surface area contributed by atoms with Crippen molar-refractivity contribution in [2.45, 2.75) is 13.0 Å². The Morgan fingerprint density at radius 3 is 2.84 bits per heavy atom. The number of nitrogens with zero attached hydrogens (tertiary/aromatic N) is 1. The van der Waals surface area contributed by atoms with Gasteiger partial charge in [-0.05, 0) is 30.7 Å². The number of amides is 1. The van der Waals surface area contributed by atoms with Gasteiger partial charge in [0.05, 0.1) is 17.8 Å². The third-order valence-electron chi connectivity index (χ3n) is 2.73. The van der Waals surface area contributed by atoms with Crippen molar-refractivity contribution >= 4 is 11.6 Å². The molecule has 19 heavy (non-hydrogen) atoms. The summed E-state index contributed by atoms with van der Waals surface area (Å²) in [6, 6.07) is 8.17. The molecular weight excluding hydrogens is 245 g/mol. The van der Waals surface area contributed by atoms with E-state index in [1.807, 2.05) is 19.1 Å². The third-order valence-corrected chi connectivity index (χ3v) is 2.73. The molecular formula is C14H14FN3O. The second kappa shape index (κ2) is 5.48. The smallest absolute Gasteiger partial charge is 0.253 e. The standard InChI is InChI=1S/C14H14FN3O/c1-9(10-3-2-4-13(16)6-10)18-14(19)11-5-12(15)8-17-7-11/h2-9H,16H2,1H3,(H,18,19). The molecule has 1 unspecified atom stereocenters. The maximum atomic E-state index is 13.0. The van der Waals surface area contributed by atoms with Crippen molar-refractivity contribution < 1.29 is 9.18 Å². The van der Waals surface area contributed by atoms with Gasteiger partial charge in [0.25, 0.3) is 5.91 Å². The number of nitrogens with one attached hydrogen (secondary N) is 1. The summed E-state index contributed by atoms with van der Waals surface area (Å²) in [6.45, 7) is 1.83. The molecule has 1 amide bonds. The lowest BCUT2D eigenvalue weighted by Crippen LogP contribution is -2.26. The lowest BCUT2D eigenvalue weighted by atomic mass is 10.1. The van der Waals surface area contributed by atoms with E-state index in [4.69, 9.17) is 5.73 Å². The first-order valence-electron chi connectivity index (χ1n) is 5.83. The van der Waals surface area contributed by atoms with Gasteiger partial charge in [-0.1, -0.05) is 12.1 Å². The highest BCUT2D eigenvalue weighted by atomic mass is 19.1. The number of pyridine rings is 1. The molecule has 98 valence electrons. The number of hydrogen-bond acceptors (Lipinski definition) is 3. The Labute approximate surface area is 110 Å². The number of carbonyl (C=O) groups excluding carboxylic acids is 1. The van der Waals surface area contributed by atoms with E-state index in [2.05, 4.69) is 10.3 Å². The molecule has 0 aliphatic rings. The number of hydrogen-bond donors (Lipinski definition) is 2. The second-order valence-electron chi connectivity index (χ2n) is 4.26. The maximum Gasteiger partial charge on any atom is 0.253 e. The van der Waals surface area contributed by atoms with E-state index in [1.54, 1.807) is 12.1 Å². The maximum absolute atomic E-state index is 13.0. The van der Waals surface area contributed by atoms with Crippen molar-refractivity contribution in [2.75, 3.05) is 5.73 Å². The molecule has 4 nitrogen and oxygen atoms in total. The number of carbonyl (C=O) groups is 1. The molecule has 3 N–H and O–H groups in total. The summed E-state index contributed by atoms with van der Waals surface area (Å²) in [7, 11) is 0. The number of aromatic nitrogens is 1. The van der Waals surface area contributed by atoms with Crippen LogP contribution in [0, 0.1) is 5.82 Å². The zero-order valence-electron chi connectivity index (χ0n) is 10.4. The molecule has 1 atom stereocenters. The number of anilines is 1. The average molecular weight is 259 g/mol. The Hall–Kier alpha value is -2.43. The van der Waals surface area contributed by atoms with Gasteiger partial charge in [0.1, 0.15) is 5.82 Å². The lowest BCUT2D eigenvalue weighted by Gasteiger charge is -2.14. The molecule has 0 bridgehead atoms. The van der Waals surface area contributed by atoms with Crippen molar-refractivity contribution in [1.29, 1.82) is 0 Å². The van der Waals surface area contributed by atoms with Crippen LogP contribution in [0.3, 0.4) is 0 Å². The minimum absolute atomic E-state index is 0.191. The van der Waals surface area contributed by atoms with Crippen LogP contribution in [0.1, 0.15) is 28.9 Å². The van der Waals surface area contributed by atoms with Crippen LogP contribution in [0.4, 0.5) is 10.1 Å². The van der Waals surface area contributed by atoms with E-state index in [1.165, 1.54) is 6.20 Å². The van der Waals surface area contributed by atoms with Gasteiger partial charge in [0.15, 0.2) is 0 Å². The van der Waals surface area contributed by atoms with Crippen LogP contribution in [0.5, 0.6) is 0 Å². The van der Waals surface area contributed by atoms with E-state index in [9.17, 15) is 9.18 Å². The molecule has 1 aromatic heterocycles. The summed E-state index contributed by atoms with van der Waals surface area (Å²) >= 11 is 0. The summed E-state index contributed by atoms with van der Waals surface area (Å²) in [6.07, 6.45) is 2.38. The van der Waals surface area contributed by atoms with Gasteiger partial charge in [-0.15, -0.1) is 0 Å². The van der Waals surface area contributed by atoms with Gasteiger partial charge < -0.3 is 11.1 Å². The topological polar surface area (TPSA) is 68.0 Å². The molecule has 5 heteroatoms. The molecule has 1 aromatic carbocycles. The summed E-state index contributed by atoms with van der Waals surface area (Å²) in [4.78, 5) is 15.6. The van der Waals surface area contributed by atoms with E-state index in [-0.39, 0.29) is 17.5 Å². The molecule has 0 spiro atoms. The Morgan fingerprint density at radius 2 is 2.16 bits per heavy atom. The van der Waals surface area contributed by atoms with Crippen molar-refractivity contribution in [3.05, 3.63) is 59.7 Å². The first-order chi connectivity index (χ1) is 9.06. The molecule has 0 fully saturated rings. The zero-order valence-corrected chi connectivity index (χ0v) is 10.4. The van der Waals surface area contributed by atoms with Crippen molar-refractivity contribution in [3.8, 4) is 0 Å². The first-order valence-corrected chi connectivity index (χ1v) is 5.83. The van der Waals surface area contributed by atoms with Crippen molar-refractivity contribution in [1.82, 2.24) is 10.3 Å². The Bertz CT molecular complexity index is 601. The summed E-state index contributed by atoms with van der Waals surface area (Å²) in [5.41, 5.74) is 7.39. The Kier molecular flexibility index (Phi) is 3.75. The van der Waals surface area contributed by atoms with Gasteiger partial charge in [-0.25, -0.2) is 4.39 Å². The van der Waals surface area contributed by atoms with E-state index >= 15 is 0 Å². The van der Waals surface area contributed by atoms with E-state index in [0.29, 0.717) is 5.69 Å². The molecule has 0 saturated heterocycles. The number of benzene rings is 1. The Morgan fingerprint density at radius 1 is 1.37 bits per heavy atom.